The van der Waals surface area contributed by atoms with E-state index in [0.29, 0.717) is 47.1 Å². The number of nitrogens with zero attached hydrogens (tertiary/aromatic N) is 2. The maximum absolute atomic E-state index is 13.4. The molecular formula is C22H18N2O4. The molecule has 140 valence electrons. The zero-order valence-corrected chi connectivity index (χ0v) is 15.3. The van der Waals surface area contributed by atoms with Crippen LogP contribution in [0.4, 0.5) is 0 Å². The molecule has 5 rings (SSSR count). The van der Waals surface area contributed by atoms with Gasteiger partial charge in [-0.2, -0.15) is 0 Å². The molecule has 1 aliphatic carbocycles. The average molecular weight is 374 g/mol. The SMILES string of the molecule is COc1ccc(C2C3=C(CCCC3=O)n3c(=O)c4ccccc4c(=O)n32)cc1. The third-order valence-corrected chi connectivity index (χ3v) is 5.64. The van der Waals surface area contributed by atoms with Crippen LogP contribution < -0.4 is 15.9 Å². The van der Waals surface area contributed by atoms with Crippen LogP contribution in [0.1, 0.15) is 30.9 Å². The summed E-state index contributed by atoms with van der Waals surface area (Å²) in [5.41, 5.74) is 1.48. The number of allylic oxidation sites excluding steroid dienone is 2. The molecule has 1 aromatic heterocycles. The molecule has 2 heterocycles. The van der Waals surface area contributed by atoms with Crippen LogP contribution in [0.25, 0.3) is 16.5 Å². The van der Waals surface area contributed by atoms with Crippen molar-refractivity contribution in [3.8, 4) is 5.75 Å². The maximum Gasteiger partial charge on any atom is 0.277 e. The van der Waals surface area contributed by atoms with Gasteiger partial charge < -0.3 is 4.74 Å². The molecule has 0 saturated heterocycles. The van der Waals surface area contributed by atoms with E-state index < -0.39 is 6.04 Å². The van der Waals surface area contributed by atoms with Crippen LogP contribution in [-0.4, -0.2) is 22.3 Å². The Kier molecular flexibility index (Phi) is 3.62. The van der Waals surface area contributed by atoms with Gasteiger partial charge in [0.1, 0.15) is 11.8 Å². The van der Waals surface area contributed by atoms with Crippen LogP contribution in [0.15, 0.2) is 63.7 Å². The van der Waals surface area contributed by atoms with Crippen LogP contribution in [0.3, 0.4) is 0 Å². The summed E-state index contributed by atoms with van der Waals surface area (Å²) in [5, 5.41) is 0.749. The van der Waals surface area contributed by atoms with Crippen molar-refractivity contribution in [3.63, 3.8) is 0 Å². The van der Waals surface area contributed by atoms with Gasteiger partial charge in [0.05, 0.1) is 23.6 Å². The highest BCUT2D eigenvalue weighted by Crippen LogP contribution is 2.41. The third kappa shape index (κ3) is 2.17. The summed E-state index contributed by atoms with van der Waals surface area (Å²) in [5.74, 6) is 0.690. The molecule has 1 unspecified atom stereocenters. The van der Waals surface area contributed by atoms with Crippen LogP contribution >= 0.6 is 0 Å². The second-order valence-corrected chi connectivity index (χ2v) is 7.13. The van der Waals surface area contributed by atoms with Gasteiger partial charge in [0.2, 0.25) is 0 Å². The van der Waals surface area contributed by atoms with E-state index in [1.807, 2.05) is 12.1 Å². The molecule has 0 N–H and O–H groups in total. The van der Waals surface area contributed by atoms with Gasteiger partial charge in [-0.3, -0.25) is 14.4 Å². The van der Waals surface area contributed by atoms with E-state index in [2.05, 4.69) is 0 Å². The van der Waals surface area contributed by atoms with Gasteiger partial charge in [-0.05, 0) is 42.7 Å². The number of methoxy groups -OCH3 is 1. The third-order valence-electron chi connectivity index (χ3n) is 5.64. The zero-order chi connectivity index (χ0) is 19.4. The highest BCUT2D eigenvalue weighted by atomic mass is 16.5. The molecule has 0 amide bonds. The molecule has 6 heteroatoms. The minimum Gasteiger partial charge on any atom is -0.497 e. The molecule has 0 saturated carbocycles. The van der Waals surface area contributed by atoms with Crippen molar-refractivity contribution in [3.05, 3.63) is 80.4 Å². The number of hydrogen-bond donors (Lipinski definition) is 0. The summed E-state index contributed by atoms with van der Waals surface area (Å²) in [6, 6.07) is 13.5. The Labute approximate surface area is 160 Å². The minimum absolute atomic E-state index is 0.00104. The van der Waals surface area contributed by atoms with Crippen molar-refractivity contribution in [2.24, 2.45) is 0 Å². The number of ether oxygens (including phenoxy) is 1. The monoisotopic (exact) mass is 374 g/mol. The van der Waals surface area contributed by atoms with Crippen LogP contribution in [-0.2, 0) is 4.79 Å². The smallest absolute Gasteiger partial charge is 0.277 e. The molecule has 6 nitrogen and oxygen atoms in total. The first-order valence-corrected chi connectivity index (χ1v) is 9.29. The highest BCUT2D eigenvalue weighted by Gasteiger charge is 2.39. The summed E-state index contributed by atoms with van der Waals surface area (Å²) in [4.78, 5) is 39.5. The lowest BCUT2D eigenvalue weighted by Gasteiger charge is -2.19. The summed E-state index contributed by atoms with van der Waals surface area (Å²) >= 11 is 0. The van der Waals surface area contributed by atoms with E-state index in [-0.39, 0.29) is 16.9 Å². The first kappa shape index (κ1) is 16.7. The lowest BCUT2D eigenvalue weighted by Crippen LogP contribution is -2.37. The van der Waals surface area contributed by atoms with Crippen LogP contribution in [0.2, 0.25) is 0 Å². The lowest BCUT2D eigenvalue weighted by atomic mass is 9.88. The largest absolute Gasteiger partial charge is 0.497 e. The number of carbonyl (C=O) groups excluding carboxylic acids is 1. The highest BCUT2D eigenvalue weighted by molar-refractivity contribution is 6.04. The fraction of sp³-hybridized carbons (Fsp3) is 0.227. The fourth-order valence-electron chi connectivity index (χ4n) is 4.36. The standard InChI is InChI=1S/C22H18N2O4/c1-28-14-11-9-13(10-12-14)20-19-17(7-4-8-18(19)25)23-21(26)15-5-2-3-6-16(15)22(27)24(20)23/h2-3,5-6,9-12,20H,4,7-8H2,1H3. The Hall–Kier alpha value is -3.41. The van der Waals surface area contributed by atoms with Crippen molar-refractivity contribution in [2.45, 2.75) is 25.3 Å². The molecular weight excluding hydrogens is 356 g/mol. The number of carbonyl (C=O) groups is 1. The average Bonchev–Trinajstić information content (AvgIpc) is 3.09. The number of ketones is 1. The number of hydrogen-bond acceptors (Lipinski definition) is 4. The lowest BCUT2D eigenvalue weighted by molar-refractivity contribution is -0.116. The Balaban J connectivity index is 1.88. The predicted octanol–water partition coefficient (Wildman–Crippen LogP) is 2.74. The molecule has 0 radical (unpaired) electrons. The van der Waals surface area contributed by atoms with E-state index in [0.717, 1.165) is 5.56 Å². The molecule has 2 aromatic carbocycles. The van der Waals surface area contributed by atoms with Crippen molar-refractivity contribution in [2.75, 3.05) is 7.11 Å². The molecule has 1 atom stereocenters. The van der Waals surface area contributed by atoms with E-state index in [1.54, 1.807) is 43.5 Å². The van der Waals surface area contributed by atoms with Gasteiger partial charge in [0.25, 0.3) is 11.1 Å². The molecule has 0 fully saturated rings. The van der Waals surface area contributed by atoms with E-state index in [4.69, 9.17) is 4.74 Å². The Morgan fingerprint density at radius 1 is 0.893 bits per heavy atom. The number of rotatable bonds is 2. The number of Topliss-reactive ketones (excluding diaryl/α,β-unsaturated/α-hetero) is 1. The summed E-state index contributed by atoms with van der Waals surface area (Å²) in [6.45, 7) is 0. The van der Waals surface area contributed by atoms with Crippen molar-refractivity contribution in [1.29, 1.82) is 0 Å². The van der Waals surface area contributed by atoms with Crippen molar-refractivity contribution >= 4 is 22.3 Å². The second kappa shape index (κ2) is 6.05. The zero-order valence-electron chi connectivity index (χ0n) is 15.3. The van der Waals surface area contributed by atoms with Gasteiger partial charge in [-0.1, -0.05) is 24.3 Å². The molecule has 28 heavy (non-hydrogen) atoms. The summed E-state index contributed by atoms with van der Waals surface area (Å²) in [7, 11) is 1.58. The van der Waals surface area contributed by atoms with Gasteiger partial charge in [0, 0.05) is 12.0 Å². The van der Waals surface area contributed by atoms with Crippen molar-refractivity contribution in [1.82, 2.24) is 9.36 Å². The van der Waals surface area contributed by atoms with E-state index >= 15 is 0 Å². The summed E-state index contributed by atoms with van der Waals surface area (Å²) < 4.78 is 8.12. The molecule has 0 bridgehead atoms. The van der Waals surface area contributed by atoms with Gasteiger partial charge in [-0.25, -0.2) is 9.36 Å². The second-order valence-electron chi connectivity index (χ2n) is 7.13. The summed E-state index contributed by atoms with van der Waals surface area (Å²) in [6.07, 6.45) is 1.72. The Bertz CT molecular complexity index is 1280. The normalized spacial score (nSPS) is 18.3. The van der Waals surface area contributed by atoms with E-state index in [9.17, 15) is 14.4 Å². The predicted molar refractivity (Wildman–Crippen MR) is 106 cm³/mol. The maximum atomic E-state index is 13.4. The topological polar surface area (TPSA) is 70.3 Å². The quantitative estimate of drug-likeness (QED) is 0.692. The first-order chi connectivity index (χ1) is 13.6. The minimum atomic E-state index is -0.599. The van der Waals surface area contributed by atoms with Gasteiger partial charge >= 0.3 is 0 Å². The Morgan fingerprint density at radius 3 is 2.25 bits per heavy atom. The molecule has 2 aliphatic rings. The number of fused-ring (bicyclic) bond motifs is 3. The fourth-order valence-corrected chi connectivity index (χ4v) is 4.36. The van der Waals surface area contributed by atoms with Crippen LogP contribution in [0, 0.1) is 0 Å². The van der Waals surface area contributed by atoms with E-state index in [1.165, 1.54) is 9.36 Å². The first-order valence-electron chi connectivity index (χ1n) is 9.29. The molecule has 0 spiro atoms. The Morgan fingerprint density at radius 2 is 1.57 bits per heavy atom. The molecule has 3 aromatic rings. The number of benzene rings is 2. The number of aromatic nitrogens is 2. The van der Waals surface area contributed by atoms with Gasteiger partial charge in [-0.15, -0.1) is 0 Å². The van der Waals surface area contributed by atoms with Crippen LogP contribution in [0.5, 0.6) is 5.75 Å². The van der Waals surface area contributed by atoms with Gasteiger partial charge in [0.15, 0.2) is 5.78 Å². The molecule has 1 aliphatic heterocycles. The van der Waals surface area contributed by atoms with Crippen molar-refractivity contribution < 1.29 is 9.53 Å².